The Morgan fingerprint density at radius 3 is 2.63 bits per heavy atom. The zero-order valence-electron chi connectivity index (χ0n) is 24.1. The lowest BCUT2D eigenvalue weighted by Gasteiger charge is -2.23. The van der Waals surface area contributed by atoms with Gasteiger partial charge in [0.2, 0.25) is 0 Å². The lowest BCUT2D eigenvalue weighted by Crippen LogP contribution is -2.20. The van der Waals surface area contributed by atoms with Crippen LogP contribution >= 0.6 is 0 Å². The zero-order valence-corrected chi connectivity index (χ0v) is 23.1. The molecule has 1 fully saturated rings. The minimum Gasteiger partial charge on any atom is -0.383 e. The van der Waals surface area contributed by atoms with Gasteiger partial charge in [-0.2, -0.15) is 15.5 Å². The molecule has 0 aliphatic heterocycles. The Bertz CT molecular complexity index is 1790. The molecule has 0 amide bonds. The number of aromatic nitrogens is 6. The minimum atomic E-state index is -1.61. The maximum absolute atomic E-state index is 13.9. The van der Waals surface area contributed by atoms with Crippen molar-refractivity contribution >= 4 is 22.3 Å². The second kappa shape index (κ2) is 10.6. The van der Waals surface area contributed by atoms with E-state index in [2.05, 4.69) is 63.0 Å². The van der Waals surface area contributed by atoms with Crippen LogP contribution in [0.15, 0.2) is 67.3 Å². The van der Waals surface area contributed by atoms with Gasteiger partial charge in [-0.25, -0.2) is 9.07 Å². The Morgan fingerprint density at radius 1 is 1.15 bits per heavy atom. The highest BCUT2D eigenvalue weighted by atomic mass is 19.1. The average molecular weight is 549 g/mol. The van der Waals surface area contributed by atoms with Crippen molar-refractivity contribution < 1.29 is 5.76 Å². The fraction of sp³-hybridized carbons (Fsp3) is 0.290. The third-order valence-electron chi connectivity index (χ3n) is 6.87. The first-order valence-corrected chi connectivity index (χ1v) is 13.5. The van der Waals surface area contributed by atoms with Crippen LogP contribution in [0, 0.1) is 22.6 Å². The molecule has 9 nitrogen and oxygen atoms in total. The molecule has 1 aliphatic rings. The highest BCUT2D eigenvalue weighted by molar-refractivity contribution is 6.04. The van der Waals surface area contributed by atoms with Crippen molar-refractivity contribution in [2.75, 3.05) is 17.2 Å². The van der Waals surface area contributed by atoms with E-state index in [0.29, 0.717) is 45.6 Å². The number of nitrogens with zero attached hydrogens (tertiary/aromatic N) is 7. The van der Waals surface area contributed by atoms with Crippen molar-refractivity contribution in [3.05, 3.63) is 89.9 Å². The molecule has 0 bridgehead atoms. The Morgan fingerprint density at radius 2 is 1.95 bits per heavy atom. The van der Waals surface area contributed by atoms with E-state index in [-0.39, 0.29) is 11.5 Å². The number of anilines is 2. The van der Waals surface area contributed by atoms with Gasteiger partial charge in [0.25, 0.3) is 0 Å². The Hall–Kier alpha value is -4.91. The lowest BCUT2D eigenvalue weighted by molar-refractivity contribution is 0.443. The molecule has 1 aliphatic carbocycles. The van der Waals surface area contributed by atoms with Crippen LogP contribution in [0.25, 0.3) is 22.0 Å². The van der Waals surface area contributed by atoms with Gasteiger partial charge in [-0.15, -0.1) is 5.10 Å². The van der Waals surface area contributed by atoms with Gasteiger partial charge in [0.05, 0.1) is 48.8 Å². The van der Waals surface area contributed by atoms with Gasteiger partial charge in [-0.1, -0.05) is 38.1 Å². The first kappa shape index (κ1) is 25.1. The van der Waals surface area contributed by atoms with Crippen LogP contribution in [0.1, 0.15) is 63.9 Å². The van der Waals surface area contributed by atoms with E-state index >= 15 is 0 Å². The number of rotatable bonds is 8. The Balaban J connectivity index is 1.55. The molecule has 1 saturated carbocycles. The summed E-state index contributed by atoms with van der Waals surface area (Å²) in [5.74, 6) is -0.398. The van der Waals surface area contributed by atoms with Crippen molar-refractivity contribution in [2.24, 2.45) is 5.41 Å². The minimum absolute atomic E-state index is 0.0532. The molecule has 41 heavy (non-hydrogen) atoms. The molecule has 2 N–H and O–H groups in total. The zero-order chi connectivity index (χ0) is 29.5. The topological polar surface area (TPSA) is 117 Å². The van der Waals surface area contributed by atoms with E-state index in [1.165, 1.54) is 12.1 Å². The summed E-state index contributed by atoms with van der Waals surface area (Å²) in [5.41, 5.74) is 4.64. The molecule has 6 rings (SSSR count). The van der Waals surface area contributed by atoms with E-state index in [1.54, 1.807) is 41.6 Å². The molecular weight excluding hydrogens is 517 g/mol. The van der Waals surface area contributed by atoms with E-state index in [4.69, 9.17) is 0 Å². The van der Waals surface area contributed by atoms with Crippen molar-refractivity contribution in [3.63, 3.8) is 0 Å². The van der Waals surface area contributed by atoms with Crippen LogP contribution in [0.3, 0.4) is 0 Å². The van der Waals surface area contributed by atoms with Gasteiger partial charge in [0, 0.05) is 34.9 Å². The molecule has 0 spiro atoms. The van der Waals surface area contributed by atoms with Crippen molar-refractivity contribution in [1.82, 2.24) is 30.2 Å². The van der Waals surface area contributed by atoms with Gasteiger partial charge >= 0.3 is 0 Å². The fourth-order valence-corrected chi connectivity index (χ4v) is 4.63. The second-order valence-electron chi connectivity index (χ2n) is 11.4. The Labute approximate surface area is 238 Å². The number of nitrogens with one attached hydrogen (secondary N) is 2. The predicted octanol–water partition coefficient (Wildman–Crippen LogP) is 6.29. The monoisotopic (exact) mass is 548 g/mol. The average Bonchev–Trinajstić information content (AvgIpc) is 3.71. The summed E-state index contributed by atoms with van der Waals surface area (Å²) in [6.07, 6.45) is 8.64. The molecular formula is C31H30FN9. The van der Waals surface area contributed by atoms with E-state index in [1.807, 2.05) is 18.2 Å². The van der Waals surface area contributed by atoms with E-state index in [9.17, 15) is 11.0 Å². The van der Waals surface area contributed by atoms with Gasteiger partial charge < -0.3 is 10.6 Å². The SMILES string of the molecule is [2H]C(Nc1cc(-c2ccnnc2)c2ncc(C#N)c(NCC(C)(C)C)c2c1)(c1ccc(F)cc1)c1cn(C2CC2)nn1. The molecule has 5 aromatic rings. The summed E-state index contributed by atoms with van der Waals surface area (Å²) >= 11 is 0. The number of hydrogen-bond acceptors (Lipinski definition) is 8. The molecule has 2 aromatic carbocycles. The lowest BCUT2D eigenvalue weighted by atomic mass is 9.95. The number of pyridine rings is 1. The molecule has 0 radical (unpaired) electrons. The fourth-order valence-electron chi connectivity index (χ4n) is 4.63. The third-order valence-corrected chi connectivity index (χ3v) is 6.87. The van der Waals surface area contributed by atoms with Gasteiger partial charge in [0.1, 0.15) is 17.6 Å². The van der Waals surface area contributed by atoms with Crippen molar-refractivity contribution in [3.8, 4) is 17.2 Å². The molecule has 1 atom stereocenters. The summed E-state index contributed by atoms with van der Waals surface area (Å²) in [6.45, 7) is 6.96. The Kier molecular flexibility index (Phi) is 6.47. The molecule has 3 aromatic heterocycles. The first-order valence-electron chi connectivity index (χ1n) is 14.0. The third kappa shape index (κ3) is 5.70. The number of nitriles is 1. The molecule has 0 saturated heterocycles. The highest BCUT2D eigenvalue weighted by Gasteiger charge is 2.27. The largest absolute Gasteiger partial charge is 0.383 e. The van der Waals surface area contributed by atoms with Crippen molar-refractivity contribution in [2.45, 2.75) is 45.7 Å². The summed E-state index contributed by atoms with van der Waals surface area (Å²) in [6, 6.07) is 12.4. The van der Waals surface area contributed by atoms with Gasteiger partial charge in [-0.05, 0) is 54.2 Å². The van der Waals surface area contributed by atoms with Gasteiger partial charge in [-0.3, -0.25) is 4.98 Å². The summed E-state index contributed by atoms with van der Waals surface area (Å²) in [4.78, 5) is 4.67. The maximum atomic E-state index is 13.9. The summed E-state index contributed by atoms with van der Waals surface area (Å²) in [7, 11) is 0. The first-order chi connectivity index (χ1) is 20.1. The highest BCUT2D eigenvalue weighted by Crippen LogP contribution is 2.39. The van der Waals surface area contributed by atoms with Crippen molar-refractivity contribution in [1.29, 1.82) is 5.26 Å². The van der Waals surface area contributed by atoms with Gasteiger partial charge in [0.15, 0.2) is 0 Å². The standard InChI is InChI=1S/C31H30FN9/c1-31(2,3)18-35-28-21(14-33)15-34-30-25(20-10-11-36-37-16-20)12-23(13-26(28)30)38-29(19-4-6-22(32)7-5-19)27-17-41(40-39-27)24-8-9-24/h4-7,10-13,15-17,24,29,38H,8-9,18H2,1-3H3,(H,34,35)/i29D. The molecule has 1 unspecified atom stereocenters. The maximum Gasteiger partial charge on any atom is 0.123 e. The normalized spacial score (nSPS) is 15.1. The number of benzene rings is 2. The van der Waals surface area contributed by atoms with E-state index < -0.39 is 11.8 Å². The summed E-state index contributed by atoms with van der Waals surface area (Å²) in [5, 5.41) is 34.2. The number of hydrogen-bond donors (Lipinski definition) is 2. The number of fused-ring (bicyclic) bond motifs is 1. The number of halogens is 1. The summed E-state index contributed by atoms with van der Waals surface area (Å²) < 4.78 is 25.4. The predicted molar refractivity (Wildman–Crippen MR) is 156 cm³/mol. The van der Waals surface area contributed by atoms with Crippen LogP contribution in [-0.2, 0) is 0 Å². The smallest absolute Gasteiger partial charge is 0.123 e. The second-order valence-corrected chi connectivity index (χ2v) is 11.4. The van der Waals surface area contributed by atoms with Crippen LogP contribution in [0.4, 0.5) is 15.8 Å². The van der Waals surface area contributed by atoms with Crippen LogP contribution in [0.2, 0.25) is 0 Å². The van der Waals surface area contributed by atoms with E-state index in [0.717, 1.165) is 24.0 Å². The molecule has 10 heteroatoms. The van der Waals surface area contributed by atoms with Crippen LogP contribution in [0.5, 0.6) is 0 Å². The van der Waals surface area contributed by atoms with Crippen LogP contribution in [-0.4, -0.2) is 36.7 Å². The quantitative estimate of drug-likeness (QED) is 0.232. The molecule has 206 valence electrons. The van der Waals surface area contributed by atoms with Crippen LogP contribution < -0.4 is 10.6 Å². The molecule has 3 heterocycles.